The molecule has 11 heteroatoms. The highest BCUT2D eigenvalue weighted by Crippen LogP contribution is 2.36. The molecule has 0 fully saturated rings. The van der Waals surface area contributed by atoms with E-state index in [-0.39, 0.29) is 26.4 Å². The lowest BCUT2D eigenvalue weighted by atomic mass is 10.2. The van der Waals surface area contributed by atoms with Crippen molar-refractivity contribution >= 4 is 44.8 Å². The molecule has 0 aliphatic rings. The van der Waals surface area contributed by atoms with Crippen molar-refractivity contribution in [2.75, 3.05) is 25.1 Å². The van der Waals surface area contributed by atoms with Crippen molar-refractivity contribution in [1.29, 1.82) is 0 Å². The number of nitrogens with one attached hydrogen (secondary N) is 1. The maximum Gasteiger partial charge on any atom is 0.264 e. The zero-order valence-corrected chi connectivity index (χ0v) is 16.7. The molecule has 0 unspecified atom stereocenters. The highest BCUT2D eigenvalue weighted by Gasteiger charge is 2.30. The van der Waals surface area contributed by atoms with Crippen molar-refractivity contribution < 1.29 is 22.7 Å². The maximum atomic E-state index is 13.2. The molecule has 2 aromatic rings. The monoisotopic (exact) mass is 433 g/mol. The molecule has 3 N–H and O–H groups in total. The van der Waals surface area contributed by atoms with Crippen LogP contribution in [0.25, 0.3) is 0 Å². The van der Waals surface area contributed by atoms with E-state index in [2.05, 4.69) is 0 Å². The summed E-state index contributed by atoms with van der Waals surface area (Å²) in [6.07, 6.45) is 0. The van der Waals surface area contributed by atoms with Crippen LogP contribution in [0.15, 0.2) is 41.3 Å². The van der Waals surface area contributed by atoms with E-state index in [0.717, 1.165) is 4.31 Å². The molecule has 0 radical (unpaired) electrons. The molecule has 0 aromatic heterocycles. The van der Waals surface area contributed by atoms with E-state index >= 15 is 0 Å². The topological polar surface area (TPSA) is 111 Å². The van der Waals surface area contributed by atoms with Gasteiger partial charge in [0.2, 0.25) is 0 Å². The minimum atomic E-state index is -4.22. The third kappa shape index (κ3) is 4.56. The van der Waals surface area contributed by atoms with Crippen molar-refractivity contribution in [3.05, 3.63) is 46.4 Å². The first-order chi connectivity index (χ1) is 12.7. The lowest BCUT2D eigenvalue weighted by Gasteiger charge is -2.25. The number of carbonyl (C=O) groups is 1. The Labute approximate surface area is 166 Å². The van der Waals surface area contributed by atoms with Crippen LogP contribution in [0.3, 0.4) is 0 Å². The standard InChI is InChI=1S/C16H17Cl2N3O5S/c1-25-10-3-6-15(26-2)14(7-10)21(9-16(22)20-19)27(23,24)11-4-5-12(17)13(18)8-11/h3-8H,9,19H2,1-2H3,(H,20,22). The highest BCUT2D eigenvalue weighted by atomic mass is 35.5. The summed E-state index contributed by atoms with van der Waals surface area (Å²) >= 11 is 11.8. The number of benzene rings is 2. The van der Waals surface area contributed by atoms with Crippen molar-refractivity contribution in [2.45, 2.75) is 4.90 Å². The van der Waals surface area contributed by atoms with E-state index in [1.54, 1.807) is 6.07 Å². The zero-order valence-electron chi connectivity index (χ0n) is 14.4. The molecule has 0 bridgehead atoms. The van der Waals surface area contributed by atoms with E-state index < -0.39 is 22.5 Å². The predicted octanol–water partition coefficient (Wildman–Crippen LogP) is 2.20. The van der Waals surface area contributed by atoms with Crippen LogP contribution in [-0.2, 0) is 14.8 Å². The maximum absolute atomic E-state index is 13.2. The zero-order chi connectivity index (χ0) is 20.2. The summed E-state index contributed by atoms with van der Waals surface area (Å²) < 4.78 is 37.7. The van der Waals surface area contributed by atoms with Crippen molar-refractivity contribution in [3.8, 4) is 11.5 Å². The van der Waals surface area contributed by atoms with Crippen LogP contribution < -0.4 is 25.0 Å². The van der Waals surface area contributed by atoms with Crippen LogP contribution in [0.2, 0.25) is 10.0 Å². The Kier molecular flexibility index (Phi) is 6.77. The van der Waals surface area contributed by atoms with Gasteiger partial charge in [-0.05, 0) is 30.3 Å². The summed E-state index contributed by atoms with van der Waals surface area (Å²) in [6, 6.07) is 8.36. The second-order valence-corrected chi connectivity index (χ2v) is 7.87. The summed E-state index contributed by atoms with van der Waals surface area (Å²) in [5.74, 6) is 4.98. The summed E-state index contributed by atoms with van der Waals surface area (Å²) in [5, 5.41) is 0.249. The summed E-state index contributed by atoms with van der Waals surface area (Å²) in [4.78, 5) is 11.7. The second kappa shape index (κ2) is 8.66. The summed E-state index contributed by atoms with van der Waals surface area (Å²) in [6.45, 7) is -0.595. The van der Waals surface area contributed by atoms with Crippen molar-refractivity contribution in [3.63, 3.8) is 0 Å². The lowest BCUT2D eigenvalue weighted by molar-refractivity contribution is -0.119. The van der Waals surface area contributed by atoms with Gasteiger partial charge in [-0.15, -0.1) is 0 Å². The lowest BCUT2D eigenvalue weighted by Crippen LogP contribution is -2.43. The number of methoxy groups -OCH3 is 2. The van der Waals surface area contributed by atoms with Gasteiger partial charge in [0.05, 0.1) is 34.8 Å². The highest BCUT2D eigenvalue weighted by molar-refractivity contribution is 7.92. The minimum absolute atomic E-state index is 0.0542. The number of ether oxygens (including phenoxy) is 2. The Morgan fingerprint density at radius 1 is 1.11 bits per heavy atom. The number of sulfonamides is 1. The average Bonchev–Trinajstić information content (AvgIpc) is 2.67. The van der Waals surface area contributed by atoms with Gasteiger partial charge >= 0.3 is 0 Å². The fraction of sp³-hybridized carbons (Fsp3) is 0.188. The number of rotatable bonds is 7. The molecular formula is C16H17Cl2N3O5S. The molecule has 2 aromatic carbocycles. The van der Waals surface area contributed by atoms with Gasteiger partial charge in [0.15, 0.2) is 0 Å². The van der Waals surface area contributed by atoms with Crippen LogP contribution in [-0.4, -0.2) is 35.1 Å². The quantitative estimate of drug-likeness (QED) is 0.393. The first-order valence-corrected chi connectivity index (χ1v) is 9.63. The Balaban J connectivity index is 2.67. The van der Waals surface area contributed by atoms with Crippen LogP contribution in [0.5, 0.6) is 11.5 Å². The molecule has 0 aliphatic carbocycles. The largest absolute Gasteiger partial charge is 0.497 e. The fourth-order valence-electron chi connectivity index (χ4n) is 2.23. The number of hydrogen-bond donors (Lipinski definition) is 2. The molecule has 2 rings (SSSR count). The first kappa shape index (κ1) is 21.1. The molecule has 0 aliphatic heterocycles. The molecule has 0 saturated carbocycles. The Morgan fingerprint density at radius 3 is 2.37 bits per heavy atom. The Bertz CT molecular complexity index is 953. The SMILES string of the molecule is COc1ccc(OC)c(N(CC(=O)NN)S(=O)(=O)c2ccc(Cl)c(Cl)c2)c1. The first-order valence-electron chi connectivity index (χ1n) is 7.43. The number of amides is 1. The molecule has 8 nitrogen and oxygen atoms in total. The number of nitrogens with two attached hydrogens (primary N) is 1. The number of halogens is 2. The average molecular weight is 434 g/mol. The number of anilines is 1. The number of hydrazine groups is 1. The van der Waals surface area contributed by atoms with Gasteiger partial charge in [0.25, 0.3) is 15.9 Å². The van der Waals surface area contributed by atoms with E-state index in [0.29, 0.717) is 5.75 Å². The van der Waals surface area contributed by atoms with Crippen LogP contribution in [0.1, 0.15) is 0 Å². The minimum Gasteiger partial charge on any atom is -0.497 e. The van der Waals surface area contributed by atoms with Crippen LogP contribution in [0.4, 0.5) is 5.69 Å². The molecule has 1 amide bonds. The third-order valence-electron chi connectivity index (χ3n) is 3.58. The van der Waals surface area contributed by atoms with E-state index in [1.165, 1.54) is 44.6 Å². The molecule has 0 saturated heterocycles. The number of nitrogens with zero attached hydrogens (tertiary/aromatic N) is 1. The van der Waals surface area contributed by atoms with Crippen molar-refractivity contribution in [2.24, 2.45) is 5.84 Å². The molecule has 0 atom stereocenters. The fourth-order valence-corrected chi connectivity index (χ4v) is 4.04. The van der Waals surface area contributed by atoms with E-state index in [9.17, 15) is 13.2 Å². The van der Waals surface area contributed by atoms with E-state index in [1.807, 2.05) is 5.43 Å². The smallest absolute Gasteiger partial charge is 0.264 e. The second-order valence-electron chi connectivity index (χ2n) is 5.19. The Morgan fingerprint density at radius 2 is 1.81 bits per heavy atom. The normalized spacial score (nSPS) is 11.0. The molecule has 0 heterocycles. The van der Waals surface area contributed by atoms with Gasteiger partial charge in [-0.2, -0.15) is 0 Å². The van der Waals surface area contributed by atoms with Gasteiger partial charge in [-0.3, -0.25) is 14.5 Å². The summed E-state index contributed by atoms with van der Waals surface area (Å²) in [7, 11) is -1.42. The Hall–Kier alpha value is -2.20. The van der Waals surface area contributed by atoms with Gasteiger partial charge in [-0.25, -0.2) is 14.3 Å². The molecule has 146 valence electrons. The predicted molar refractivity (Wildman–Crippen MR) is 103 cm³/mol. The molecular weight excluding hydrogens is 417 g/mol. The summed E-state index contributed by atoms with van der Waals surface area (Å²) in [5.41, 5.74) is 2.00. The number of hydrogen-bond acceptors (Lipinski definition) is 6. The van der Waals surface area contributed by atoms with Gasteiger partial charge in [0.1, 0.15) is 18.0 Å². The van der Waals surface area contributed by atoms with Crippen LogP contribution in [0, 0.1) is 0 Å². The molecule has 27 heavy (non-hydrogen) atoms. The van der Waals surface area contributed by atoms with E-state index in [4.69, 9.17) is 38.5 Å². The number of carbonyl (C=O) groups excluding carboxylic acids is 1. The van der Waals surface area contributed by atoms with Crippen molar-refractivity contribution in [1.82, 2.24) is 5.43 Å². The third-order valence-corrected chi connectivity index (χ3v) is 6.08. The van der Waals surface area contributed by atoms with Gasteiger partial charge < -0.3 is 9.47 Å². The van der Waals surface area contributed by atoms with Gasteiger partial charge in [0, 0.05) is 6.07 Å². The van der Waals surface area contributed by atoms with Crippen LogP contribution >= 0.6 is 23.2 Å². The van der Waals surface area contributed by atoms with Gasteiger partial charge in [-0.1, -0.05) is 23.2 Å². The molecule has 0 spiro atoms.